The van der Waals surface area contributed by atoms with E-state index in [1.807, 2.05) is 42.5 Å². The van der Waals surface area contributed by atoms with Crippen molar-refractivity contribution < 1.29 is 19.0 Å². The molecule has 1 aromatic heterocycles. The van der Waals surface area contributed by atoms with Gasteiger partial charge < -0.3 is 29.4 Å². The number of aromatic amines is 1. The number of amides is 1. The number of carbonyl (C=O) groups excluding carboxylic acids is 1. The Labute approximate surface area is 238 Å². The highest BCUT2D eigenvalue weighted by atomic mass is 16.5. The minimum atomic E-state index is -0.303. The topological polar surface area (TPSA) is 92.9 Å². The van der Waals surface area contributed by atoms with E-state index in [9.17, 15) is 9.59 Å². The fourth-order valence-electron chi connectivity index (χ4n) is 5.05. The first-order valence-electron chi connectivity index (χ1n) is 13.3. The third kappa shape index (κ3) is 5.88. The molecule has 5 rings (SSSR count). The Hall–Kier alpha value is -4.82. The molecule has 41 heavy (non-hydrogen) atoms. The maximum absolute atomic E-state index is 13.4. The molecule has 0 fully saturated rings. The minimum Gasteiger partial charge on any atom is -0.495 e. The highest BCUT2D eigenvalue weighted by Gasteiger charge is 2.16. The van der Waals surface area contributed by atoms with Crippen LogP contribution in [0.1, 0.15) is 21.5 Å². The van der Waals surface area contributed by atoms with E-state index in [0.29, 0.717) is 50.3 Å². The molecule has 1 amide bonds. The Morgan fingerprint density at radius 3 is 2.24 bits per heavy atom. The van der Waals surface area contributed by atoms with Gasteiger partial charge in [-0.1, -0.05) is 30.3 Å². The number of nitrogens with zero attached hydrogens (tertiary/aromatic N) is 1. The summed E-state index contributed by atoms with van der Waals surface area (Å²) in [5.74, 6) is 1.66. The zero-order valence-electron chi connectivity index (χ0n) is 23.6. The smallest absolute Gasteiger partial charge is 0.257 e. The quantitative estimate of drug-likeness (QED) is 0.219. The fourth-order valence-corrected chi connectivity index (χ4v) is 5.05. The summed E-state index contributed by atoms with van der Waals surface area (Å²) >= 11 is 0. The maximum Gasteiger partial charge on any atom is 0.257 e. The Kier molecular flexibility index (Phi) is 8.21. The molecule has 210 valence electrons. The zero-order chi connectivity index (χ0) is 28.9. The largest absolute Gasteiger partial charge is 0.495 e. The van der Waals surface area contributed by atoms with Crippen LogP contribution in [-0.2, 0) is 13.0 Å². The Morgan fingerprint density at radius 2 is 1.49 bits per heavy atom. The van der Waals surface area contributed by atoms with Crippen LogP contribution >= 0.6 is 0 Å². The van der Waals surface area contributed by atoms with Crippen molar-refractivity contribution in [1.29, 1.82) is 0 Å². The zero-order valence-corrected chi connectivity index (χ0v) is 23.6. The van der Waals surface area contributed by atoms with Crippen LogP contribution in [0.4, 0.5) is 5.69 Å². The lowest BCUT2D eigenvalue weighted by Gasteiger charge is -2.18. The third-order valence-corrected chi connectivity index (χ3v) is 7.16. The molecule has 0 aliphatic carbocycles. The van der Waals surface area contributed by atoms with Crippen molar-refractivity contribution in [3.63, 3.8) is 0 Å². The molecule has 8 nitrogen and oxygen atoms in total. The number of aromatic nitrogens is 1. The number of pyridine rings is 1. The number of para-hydroxylation sites is 2. The van der Waals surface area contributed by atoms with Gasteiger partial charge in [-0.25, -0.2) is 0 Å². The maximum atomic E-state index is 13.4. The lowest BCUT2D eigenvalue weighted by atomic mass is 10.0. The molecule has 0 spiro atoms. The van der Waals surface area contributed by atoms with Gasteiger partial charge in [-0.3, -0.25) is 9.59 Å². The number of H-pyrrole nitrogens is 1. The number of anilines is 1. The van der Waals surface area contributed by atoms with Gasteiger partial charge in [0.2, 0.25) is 0 Å². The third-order valence-electron chi connectivity index (χ3n) is 7.16. The number of ether oxygens (including phenoxy) is 3. The molecule has 0 unspecified atom stereocenters. The standard InChI is InChI=1S/C33H33N3O5/c1-36(20-22-14-15-27(39-2)29(19-22)41-4)17-16-21-8-5-9-23(18-21)34-33(38)26-12-6-10-24-30(26)35-31-25(32(24)37)11-7-13-28(31)40-3/h5-15,18-19H,16-17,20H2,1-4H3,(H,34,38)(H,35,37). The van der Waals surface area contributed by atoms with E-state index >= 15 is 0 Å². The van der Waals surface area contributed by atoms with Crippen molar-refractivity contribution in [2.45, 2.75) is 13.0 Å². The van der Waals surface area contributed by atoms with Crippen molar-refractivity contribution >= 4 is 33.4 Å². The van der Waals surface area contributed by atoms with Crippen molar-refractivity contribution in [3.05, 3.63) is 106 Å². The first-order valence-corrected chi connectivity index (χ1v) is 13.3. The summed E-state index contributed by atoms with van der Waals surface area (Å²) in [6.07, 6.45) is 0.806. The van der Waals surface area contributed by atoms with E-state index in [1.165, 1.54) is 0 Å². The summed E-state index contributed by atoms with van der Waals surface area (Å²) in [6.45, 7) is 1.58. The Bertz CT molecular complexity index is 1780. The highest BCUT2D eigenvalue weighted by Crippen LogP contribution is 2.28. The van der Waals surface area contributed by atoms with Gasteiger partial charge >= 0.3 is 0 Å². The van der Waals surface area contributed by atoms with Gasteiger partial charge in [0, 0.05) is 29.5 Å². The van der Waals surface area contributed by atoms with Gasteiger partial charge in [0.25, 0.3) is 5.91 Å². The first-order chi connectivity index (χ1) is 19.9. The van der Waals surface area contributed by atoms with Crippen LogP contribution in [-0.4, -0.2) is 50.7 Å². The fraction of sp³-hybridized carbons (Fsp3) is 0.212. The van der Waals surface area contributed by atoms with E-state index in [4.69, 9.17) is 14.2 Å². The van der Waals surface area contributed by atoms with Gasteiger partial charge in [0.1, 0.15) is 5.75 Å². The van der Waals surface area contributed by atoms with Gasteiger partial charge in [0.15, 0.2) is 16.9 Å². The summed E-state index contributed by atoms with van der Waals surface area (Å²) in [7, 11) is 6.89. The van der Waals surface area contributed by atoms with Gasteiger partial charge in [-0.2, -0.15) is 0 Å². The predicted octanol–water partition coefficient (Wildman–Crippen LogP) is 5.63. The van der Waals surface area contributed by atoms with E-state index in [2.05, 4.69) is 22.2 Å². The molecule has 0 atom stereocenters. The molecule has 0 aliphatic rings. The van der Waals surface area contributed by atoms with Crippen LogP contribution in [0.5, 0.6) is 17.2 Å². The van der Waals surface area contributed by atoms with Crippen molar-refractivity contribution in [2.75, 3.05) is 40.2 Å². The molecule has 4 aromatic carbocycles. The van der Waals surface area contributed by atoms with Crippen LogP contribution < -0.4 is 25.0 Å². The van der Waals surface area contributed by atoms with Crippen LogP contribution in [0.2, 0.25) is 0 Å². The number of rotatable bonds is 10. The first kappa shape index (κ1) is 27.7. The van der Waals surface area contributed by atoms with E-state index in [-0.39, 0.29) is 11.3 Å². The Balaban J connectivity index is 1.30. The summed E-state index contributed by atoms with van der Waals surface area (Å²) in [4.78, 5) is 32.1. The van der Waals surface area contributed by atoms with Crippen molar-refractivity contribution in [1.82, 2.24) is 9.88 Å². The number of nitrogens with one attached hydrogen (secondary N) is 2. The summed E-state index contributed by atoms with van der Waals surface area (Å²) in [6, 6.07) is 24.2. The molecule has 0 radical (unpaired) electrons. The molecule has 2 N–H and O–H groups in total. The molecule has 5 aromatic rings. The van der Waals surface area contributed by atoms with E-state index in [1.54, 1.807) is 57.7 Å². The number of fused-ring (bicyclic) bond motifs is 2. The highest BCUT2D eigenvalue weighted by molar-refractivity contribution is 6.13. The lowest BCUT2D eigenvalue weighted by Crippen LogP contribution is -2.21. The number of hydrogen-bond donors (Lipinski definition) is 2. The summed E-state index contributed by atoms with van der Waals surface area (Å²) in [5.41, 5.74) is 4.18. The molecule has 1 heterocycles. The normalized spacial score (nSPS) is 11.1. The second-order valence-corrected chi connectivity index (χ2v) is 9.90. The van der Waals surface area contributed by atoms with Crippen LogP contribution in [0.25, 0.3) is 21.8 Å². The van der Waals surface area contributed by atoms with Gasteiger partial charge in [0.05, 0.1) is 37.9 Å². The molecular formula is C33H33N3O5. The molecule has 0 aliphatic heterocycles. The lowest BCUT2D eigenvalue weighted by molar-refractivity contribution is 0.102. The Morgan fingerprint density at radius 1 is 0.780 bits per heavy atom. The predicted molar refractivity (Wildman–Crippen MR) is 163 cm³/mol. The minimum absolute atomic E-state index is 0.151. The summed E-state index contributed by atoms with van der Waals surface area (Å²) < 4.78 is 16.2. The number of carbonyl (C=O) groups is 1. The number of benzene rings is 4. The van der Waals surface area contributed by atoms with Crippen molar-refractivity contribution in [3.8, 4) is 17.2 Å². The van der Waals surface area contributed by atoms with Gasteiger partial charge in [-0.15, -0.1) is 0 Å². The van der Waals surface area contributed by atoms with Crippen LogP contribution in [0, 0.1) is 0 Å². The van der Waals surface area contributed by atoms with Crippen LogP contribution in [0.15, 0.2) is 83.7 Å². The number of methoxy groups -OCH3 is 3. The molecule has 0 saturated carbocycles. The average molecular weight is 552 g/mol. The average Bonchev–Trinajstić information content (AvgIpc) is 2.99. The second-order valence-electron chi connectivity index (χ2n) is 9.90. The molecule has 8 heteroatoms. The number of hydrogen-bond acceptors (Lipinski definition) is 6. The van der Waals surface area contributed by atoms with Crippen molar-refractivity contribution in [2.24, 2.45) is 0 Å². The SMILES string of the molecule is COc1ccc(CN(C)CCc2cccc(NC(=O)c3cccc4c(=O)c5cccc(OC)c5[nH]c34)c2)cc1OC. The van der Waals surface area contributed by atoms with E-state index in [0.717, 1.165) is 30.6 Å². The van der Waals surface area contributed by atoms with E-state index < -0.39 is 0 Å². The second kappa shape index (κ2) is 12.1. The molecule has 0 bridgehead atoms. The molecule has 0 saturated heterocycles. The van der Waals surface area contributed by atoms with Crippen LogP contribution in [0.3, 0.4) is 0 Å². The molecular weight excluding hydrogens is 518 g/mol. The van der Waals surface area contributed by atoms with Gasteiger partial charge in [-0.05, 0) is 73.1 Å². The monoisotopic (exact) mass is 551 g/mol. The number of likely N-dealkylation sites (N-methyl/N-ethyl adjacent to an activating group) is 1. The summed E-state index contributed by atoms with van der Waals surface area (Å²) in [5, 5.41) is 3.97.